The maximum absolute atomic E-state index is 13.1. The highest BCUT2D eigenvalue weighted by molar-refractivity contribution is 6.34. The number of aromatic amines is 1. The number of hydrogen-bond donors (Lipinski definition) is 4. The number of nitrogens with one attached hydrogen (secondary N) is 4. The van der Waals surface area contributed by atoms with Gasteiger partial charge in [-0.1, -0.05) is 48.0 Å². The van der Waals surface area contributed by atoms with Crippen LogP contribution in [0.1, 0.15) is 48.3 Å². The van der Waals surface area contributed by atoms with E-state index in [1.165, 1.54) is 19.4 Å². The molecule has 2 aromatic heterocycles. The highest BCUT2D eigenvalue weighted by atomic mass is 35.5. The van der Waals surface area contributed by atoms with Gasteiger partial charge in [0.05, 0.1) is 23.9 Å². The predicted octanol–water partition coefficient (Wildman–Crippen LogP) is 5.71. The fraction of sp³-hybridized carbons (Fsp3) is 0.233. The third-order valence-electron chi connectivity index (χ3n) is 6.01. The number of fused-ring (bicyclic) bond motifs is 1. The van der Waals surface area contributed by atoms with E-state index in [9.17, 15) is 14.4 Å². The van der Waals surface area contributed by atoms with Crippen molar-refractivity contribution < 1.29 is 19.1 Å². The van der Waals surface area contributed by atoms with E-state index in [2.05, 4.69) is 37.5 Å². The highest BCUT2D eigenvalue weighted by Gasteiger charge is 2.20. The molecule has 0 aliphatic rings. The molecule has 2 heterocycles. The first-order valence-corrected chi connectivity index (χ1v) is 13.8. The fourth-order valence-corrected chi connectivity index (χ4v) is 4.37. The zero-order valence-electron chi connectivity index (χ0n) is 23.9. The Bertz CT molecular complexity index is 1750. The molecule has 43 heavy (non-hydrogen) atoms. The fourth-order valence-electron chi connectivity index (χ4n) is 4.01. The lowest BCUT2D eigenvalue weighted by Gasteiger charge is -2.25. The van der Waals surface area contributed by atoms with Crippen molar-refractivity contribution in [1.29, 1.82) is 0 Å². The third kappa shape index (κ3) is 8.24. The summed E-state index contributed by atoms with van der Waals surface area (Å²) in [5.41, 5.74) is 0.879. The zero-order valence-corrected chi connectivity index (χ0v) is 25.4. The second kappa shape index (κ2) is 13.1. The summed E-state index contributed by atoms with van der Waals surface area (Å²) in [6.45, 7) is 9.64. The Kier molecular flexibility index (Phi) is 9.57. The predicted molar refractivity (Wildman–Crippen MR) is 167 cm³/mol. The van der Waals surface area contributed by atoms with E-state index in [1.54, 1.807) is 57.2 Å². The second-order valence-corrected chi connectivity index (χ2v) is 11.3. The maximum Gasteiger partial charge on any atom is 0.407 e. The van der Waals surface area contributed by atoms with Crippen LogP contribution in [0.25, 0.3) is 16.7 Å². The van der Waals surface area contributed by atoms with Crippen LogP contribution in [0.3, 0.4) is 0 Å². The summed E-state index contributed by atoms with van der Waals surface area (Å²) in [6, 6.07) is 13.1. The number of amides is 2. The van der Waals surface area contributed by atoms with Crippen molar-refractivity contribution in [3.05, 3.63) is 98.4 Å². The minimum atomic E-state index is -0.685. The van der Waals surface area contributed by atoms with Gasteiger partial charge in [-0.2, -0.15) is 4.98 Å². The van der Waals surface area contributed by atoms with Gasteiger partial charge in [-0.3, -0.25) is 9.59 Å². The molecule has 2 amide bonds. The molecule has 0 saturated carbocycles. The normalized spacial score (nSPS) is 11.9. The van der Waals surface area contributed by atoms with Crippen molar-refractivity contribution in [2.24, 2.45) is 0 Å². The van der Waals surface area contributed by atoms with Crippen LogP contribution < -0.4 is 26.2 Å². The van der Waals surface area contributed by atoms with Gasteiger partial charge in [0, 0.05) is 28.8 Å². The van der Waals surface area contributed by atoms with Crippen LogP contribution in [0.5, 0.6) is 6.01 Å². The molecule has 2 aromatic carbocycles. The Labute approximate surface area is 257 Å². The molecule has 0 spiro atoms. The topological polar surface area (TPSA) is 147 Å². The molecule has 0 bridgehead atoms. The largest absolute Gasteiger partial charge is 0.467 e. The number of carbonyl (C=O) groups excluding carboxylic acids is 2. The first-order valence-electron chi connectivity index (χ1n) is 13.1. The summed E-state index contributed by atoms with van der Waals surface area (Å²) in [5, 5.41) is 9.97. The van der Waals surface area contributed by atoms with E-state index in [1.807, 2.05) is 6.07 Å². The van der Waals surface area contributed by atoms with Crippen molar-refractivity contribution in [2.45, 2.75) is 32.4 Å². The van der Waals surface area contributed by atoms with Crippen molar-refractivity contribution in [2.75, 3.05) is 19.0 Å². The van der Waals surface area contributed by atoms with Crippen LogP contribution in [0, 0.1) is 0 Å². The smallest absolute Gasteiger partial charge is 0.407 e. The summed E-state index contributed by atoms with van der Waals surface area (Å²) >= 11 is 12.6. The van der Waals surface area contributed by atoms with Gasteiger partial charge in [-0.05, 0) is 62.2 Å². The molecular weight excluding hydrogens is 595 g/mol. The molecule has 0 unspecified atom stereocenters. The number of hydrogen-bond acceptors (Lipinski definition) is 8. The van der Waals surface area contributed by atoms with Gasteiger partial charge in [0.1, 0.15) is 16.8 Å². The summed E-state index contributed by atoms with van der Waals surface area (Å²) < 4.78 is 10.3. The van der Waals surface area contributed by atoms with Crippen LogP contribution in [0.15, 0.2) is 66.1 Å². The number of carbonyl (C=O) groups is 2. The quantitative estimate of drug-likeness (QED) is 0.185. The average molecular weight is 626 g/mol. The van der Waals surface area contributed by atoms with Gasteiger partial charge in [-0.15, -0.1) is 0 Å². The number of rotatable bonds is 9. The van der Waals surface area contributed by atoms with Gasteiger partial charge in [0.25, 0.3) is 11.5 Å². The standard InChI is InChI=1S/C30H30Cl2N6O5/c1-16(35-24(18-7-6-8-20(31)11-18)15-34-29(41)43-30(2,3)4)17-9-10-22(32)23(13-17)36-26(39)21-12-19-14-33-28(42-5)38-25(19)37-27(21)40/h6-14,24,35H,1,15H2,2-5H3,(H,34,41)(H,36,39)(H,33,37,38,40)/t24-/m1/s1. The summed E-state index contributed by atoms with van der Waals surface area (Å²) in [4.78, 5) is 48.8. The molecule has 4 N–H and O–H groups in total. The number of H-pyrrole nitrogens is 1. The Morgan fingerprint density at radius 3 is 2.58 bits per heavy atom. The van der Waals surface area contributed by atoms with Crippen LogP contribution in [0.4, 0.5) is 10.5 Å². The number of nitrogens with zero attached hydrogens (tertiary/aromatic N) is 2. The molecular formula is C30H30Cl2N6O5. The summed E-state index contributed by atoms with van der Waals surface area (Å²) in [7, 11) is 1.40. The molecule has 13 heteroatoms. The van der Waals surface area contributed by atoms with Gasteiger partial charge >= 0.3 is 12.1 Å². The molecule has 0 fully saturated rings. The molecule has 0 aliphatic carbocycles. The molecule has 0 saturated heterocycles. The highest BCUT2D eigenvalue weighted by Crippen LogP contribution is 2.28. The number of benzene rings is 2. The summed E-state index contributed by atoms with van der Waals surface area (Å²) in [6.07, 6.45) is 0.864. The molecule has 1 atom stereocenters. The first kappa shape index (κ1) is 31.3. The number of alkyl carbamates (subject to hydrolysis) is 1. The minimum absolute atomic E-state index is 0.0796. The number of methoxy groups -OCH3 is 1. The van der Waals surface area contributed by atoms with E-state index in [4.69, 9.17) is 32.7 Å². The number of aromatic nitrogens is 3. The number of pyridine rings is 1. The van der Waals surface area contributed by atoms with Crippen molar-refractivity contribution in [3.8, 4) is 6.01 Å². The maximum atomic E-state index is 13.1. The lowest BCUT2D eigenvalue weighted by molar-refractivity contribution is 0.0523. The van der Waals surface area contributed by atoms with Crippen LogP contribution in [-0.2, 0) is 4.74 Å². The van der Waals surface area contributed by atoms with E-state index in [0.29, 0.717) is 21.7 Å². The molecule has 4 aromatic rings. The Morgan fingerprint density at radius 1 is 1.12 bits per heavy atom. The first-order chi connectivity index (χ1) is 20.3. The Hall–Kier alpha value is -4.61. The van der Waals surface area contributed by atoms with Gasteiger partial charge < -0.3 is 30.4 Å². The van der Waals surface area contributed by atoms with E-state index in [0.717, 1.165) is 5.56 Å². The molecule has 0 radical (unpaired) electrons. The van der Waals surface area contributed by atoms with Crippen LogP contribution in [0.2, 0.25) is 10.0 Å². The zero-order chi connectivity index (χ0) is 31.3. The molecule has 0 aliphatic heterocycles. The molecule has 11 nitrogen and oxygen atoms in total. The third-order valence-corrected chi connectivity index (χ3v) is 6.58. The Balaban J connectivity index is 1.54. The molecule has 224 valence electrons. The van der Waals surface area contributed by atoms with Crippen LogP contribution >= 0.6 is 23.2 Å². The SMILES string of the molecule is C=C(N[C@H](CNC(=O)OC(C)(C)C)c1cccc(Cl)c1)c1ccc(Cl)c(NC(=O)c2cc3cnc(OC)nc3[nH]c2=O)c1. The van der Waals surface area contributed by atoms with E-state index < -0.39 is 29.2 Å². The van der Waals surface area contributed by atoms with Gasteiger partial charge in [0.15, 0.2) is 0 Å². The molecule has 4 rings (SSSR count). The van der Waals surface area contributed by atoms with Crippen molar-refractivity contribution in [1.82, 2.24) is 25.6 Å². The lowest BCUT2D eigenvalue weighted by atomic mass is 10.0. The lowest BCUT2D eigenvalue weighted by Crippen LogP contribution is -2.37. The van der Waals surface area contributed by atoms with Crippen molar-refractivity contribution in [3.63, 3.8) is 0 Å². The minimum Gasteiger partial charge on any atom is -0.467 e. The monoisotopic (exact) mass is 624 g/mol. The van der Waals surface area contributed by atoms with Crippen molar-refractivity contribution >= 4 is 57.6 Å². The van der Waals surface area contributed by atoms with Gasteiger partial charge in [-0.25, -0.2) is 9.78 Å². The second-order valence-electron chi connectivity index (χ2n) is 10.4. The average Bonchev–Trinajstić information content (AvgIpc) is 2.94. The van der Waals surface area contributed by atoms with E-state index >= 15 is 0 Å². The Morgan fingerprint density at radius 2 is 1.88 bits per heavy atom. The van der Waals surface area contributed by atoms with Gasteiger partial charge in [0.2, 0.25) is 0 Å². The number of halogens is 2. The summed E-state index contributed by atoms with van der Waals surface area (Å²) in [5.74, 6) is -0.685. The number of anilines is 1. The van der Waals surface area contributed by atoms with Crippen LogP contribution in [-0.4, -0.2) is 46.2 Å². The van der Waals surface area contributed by atoms with E-state index in [-0.39, 0.29) is 34.5 Å². The number of ether oxygens (including phenoxy) is 2.